The first-order valence-corrected chi connectivity index (χ1v) is 8.99. The summed E-state index contributed by atoms with van der Waals surface area (Å²) in [6.07, 6.45) is 7.00. The van der Waals surface area contributed by atoms with E-state index < -0.39 is 0 Å². The van der Waals surface area contributed by atoms with Crippen LogP contribution < -0.4 is 0 Å². The van der Waals surface area contributed by atoms with Crippen molar-refractivity contribution in [3.05, 3.63) is 11.6 Å². The van der Waals surface area contributed by atoms with Gasteiger partial charge in [-0.05, 0) is 50.4 Å². The SMILES string of the molecule is CC1=CC[C@@H](Br)C(C)(C)C12CCC(C)(Cl)C(Br)C2. The minimum atomic E-state index is -0.0964. The Kier molecular flexibility index (Phi) is 4.08. The summed E-state index contributed by atoms with van der Waals surface area (Å²) in [6, 6.07) is 0. The number of halogens is 3. The summed E-state index contributed by atoms with van der Waals surface area (Å²) < 4.78 is 0. The summed E-state index contributed by atoms with van der Waals surface area (Å²) in [6.45, 7) is 9.32. The standard InChI is InChI=1S/C15H23Br2Cl/c1-10-5-6-11(16)13(2,3)15(10)8-7-14(4,18)12(17)9-15/h5,11-12H,6-9H2,1-4H3/t11-,12?,14?,15?/m1/s1. The molecule has 1 fully saturated rings. The highest BCUT2D eigenvalue weighted by atomic mass is 79.9. The number of hydrogen-bond donors (Lipinski definition) is 0. The van der Waals surface area contributed by atoms with Crippen molar-refractivity contribution in [1.82, 2.24) is 0 Å². The molecule has 0 amide bonds. The van der Waals surface area contributed by atoms with Gasteiger partial charge in [0.2, 0.25) is 0 Å². The van der Waals surface area contributed by atoms with E-state index in [1.54, 1.807) is 5.57 Å². The molecular weight excluding hydrogens is 375 g/mol. The monoisotopic (exact) mass is 396 g/mol. The van der Waals surface area contributed by atoms with Crippen LogP contribution in [0.5, 0.6) is 0 Å². The smallest absolute Gasteiger partial charge is 0.0544 e. The topological polar surface area (TPSA) is 0 Å². The van der Waals surface area contributed by atoms with Gasteiger partial charge in [-0.15, -0.1) is 11.6 Å². The van der Waals surface area contributed by atoms with E-state index in [9.17, 15) is 0 Å². The third-order valence-corrected chi connectivity index (χ3v) is 9.19. The van der Waals surface area contributed by atoms with Crippen LogP contribution in [-0.4, -0.2) is 14.5 Å². The van der Waals surface area contributed by atoms with E-state index in [-0.39, 0.29) is 10.3 Å². The summed E-state index contributed by atoms with van der Waals surface area (Å²) in [4.78, 5) is 0.856. The molecule has 0 aromatic rings. The second-order valence-corrected chi connectivity index (χ2v) is 9.92. The lowest BCUT2D eigenvalue weighted by Gasteiger charge is -2.58. The first-order chi connectivity index (χ1) is 8.13. The molecule has 18 heavy (non-hydrogen) atoms. The number of allylic oxidation sites excluding steroid dienone is 2. The van der Waals surface area contributed by atoms with Crippen molar-refractivity contribution in [2.45, 2.75) is 67.9 Å². The van der Waals surface area contributed by atoms with Gasteiger partial charge >= 0.3 is 0 Å². The molecule has 3 heteroatoms. The zero-order chi connectivity index (χ0) is 13.8. The molecule has 2 aliphatic rings. The van der Waals surface area contributed by atoms with Gasteiger partial charge in [0.1, 0.15) is 0 Å². The molecule has 4 atom stereocenters. The van der Waals surface area contributed by atoms with Gasteiger partial charge in [0.15, 0.2) is 0 Å². The van der Waals surface area contributed by atoms with Crippen LogP contribution in [0.25, 0.3) is 0 Å². The predicted molar refractivity (Wildman–Crippen MR) is 88.1 cm³/mol. The maximum absolute atomic E-state index is 6.62. The highest BCUT2D eigenvalue weighted by Crippen LogP contribution is 2.63. The predicted octanol–water partition coefficient (Wildman–Crippen LogP) is 6.06. The molecule has 2 aliphatic carbocycles. The van der Waals surface area contributed by atoms with Gasteiger partial charge in [0.25, 0.3) is 0 Å². The van der Waals surface area contributed by atoms with Crippen LogP contribution in [0.4, 0.5) is 0 Å². The summed E-state index contributed by atoms with van der Waals surface area (Å²) in [7, 11) is 0. The Labute approximate surface area is 133 Å². The minimum absolute atomic E-state index is 0.0964. The zero-order valence-electron chi connectivity index (χ0n) is 11.7. The quantitative estimate of drug-likeness (QED) is 0.344. The van der Waals surface area contributed by atoms with E-state index in [0.717, 1.165) is 19.3 Å². The molecule has 0 saturated heterocycles. The van der Waals surface area contributed by atoms with Crippen molar-refractivity contribution >= 4 is 43.5 Å². The lowest BCUT2D eigenvalue weighted by molar-refractivity contribution is 0.0482. The van der Waals surface area contributed by atoms with Crippen LogP contribution in [0, 0.1) is 10.8 Å². The van der Waals surface area contributed by atoms with Crippen molar-refractivity contribution < 1.29 is 0 Å². The first-order valence-electron chi connectivity index (χ1n) is 6.78. The fourth-order valence-electron chi connectivity index (χ4n) is 3.76. The molecule has 1 saturated carbocycles. The van der Waals surface area contributed by atoms with E-state index in [1.165, 1.54) is 6.42 Å². The molecule has 0 N–H and O–H groups in total. The molecule has 104 valence electrons. The molecule has 0 nitrogen and oxygen atoms in total. The van der Waals surface area contributed by atoms with Gasteiger partial charge < -0.3 is 0 Å². The Balaban J connectivity index is 2.41. The van der Waals surface area contributed by atoms with Gasteiger partial charge in [0.05, 0.1) is 4.87 Å². The molecule has 0 radical (unpaired) electrons. The lowest BCUT2D eigenvalue weighted by Crippen LogP contribution is -2.53. The summed E-state index contributed by atoms with van der Waals surface area (Å²) in [5.74, 6) is 0. The van der Waals surface area contributed by atoms with E-state index in [4.69, 9.17) is 11.6 Å². The van der Waals surface area contributed by atoms with E-state index in [0.29, 0.717) is 15.1 Å². The average Bonchev–Trinajstić information content (AvgIpc) is 2.27. The van der Waals surface area contributed by atoms with E-state index in [2.05, 4.69) is 65.6 Å². The molecule has 0 aromatic carbocycles. The summed E-state index contributed by atoms with van der Waals surface area (Å²) in [5.41, 5.74) is 2.15. The van der Waals surface area contributed by atoms with Crippen LogP contribution in [0.3, 0.4) is 0 Å². The maximum atomic E-state index is 6.62. The Morgan fingerprint density at radius 3 is 2.33 bits per heavy atom. The second kappa shape index (κ2) is 4.77. The first kappa shape index (κ1) is 15.4. The Bertz CT molecular complexity index is 373. The average molecular weight is 399 g/mol. The van der Waals surface area contributed by atoms with Crippen molar-refractivity contribution in [1.29, 1.82) is 0 Å². The summed E-state index contributed by atoms with van der Waals surface area (Å²) >= 11 is 14.4. The molecule has 0 heterocycles. The Morgan fingerprint density at radius 1 is 1.17 bits per heavy atom. The van der Waals surface area contributed by atoms with Crippen LogP contribution in [0.2, 0.25) is 0 Å². The minimum Gasteiger partial charge on any atom is -0.118 e. The fourth-order valence-corrected chi connectivity index (χ4v) is 5.34. The molecule has 3 unspecified atom stereocenters. The van der Waals surface area contributed by atoms with Crippen molar-refractivity contribution in [3.63, 3.8) is 0 Å². The van der Waals surface area contributed by atoms with Crippen molar-refractivity contribution in [3.8, 4) is 0 Å². The molecular formula is C15H23Br2Cl. The van der Waals surface area contributed by atoms with Crippen molar-refractivity contribution in [2.24, 2.45) is 10.8 Å². The fraction of sp³-hybridized carbons (Fsp3) is 0.867. The number of alkyl halides is 3. The van der Waals surface area contributed by atoms with Gasteiger partial charge in [0, 0.05) is 9.65 Å². The van der Waals surface area contributed by atoms with Gasteiger partial charge in [-0.1, -0.05) is 57.4 Å². The lowest BCUT2D eigenvalue weighted by atomic mass is 9.51. The van der Waals surface area contributed by atoms with Crippen LogP contribution in [0.15, 0.2) is 11.6 Å². The molecule has 2 rings (SSSR count). The van der Waals surface area contributed by atoms with Gasteiger partial charge in [-0.25, -0.2) is 0 Å². The maximum Gasteiger partial charge on any atom is 0.0544 e. The van der Waals surface area contributed by atoms with E-state index >= 15 is 0 Å². The normalized spacial score (nSPS) is 48.1. The molecule has 0 aliphatic heterocycles. The largest absolute Gasteiger partial charge is 0.118 e. The van der Waals surface area contributed by atoms with Crippen LogP contribution in [-0.2, 0) is 0 Å². The van der Waals surface area contributed by atoms with Gasteiger partial charge in [-0.2, -0.15) is 0 Å². The van der Waals surface area contributed by atoms with Crippen molar-refractivity contribution in [2.75, 3.05) is 0 Å². The third-order valence-electron chi connectivity index (χ3n) is 5.62. The molecule has 0 aromatic heterocycles. The van der Waals surface area contributed by atoms with E-state index in [1.807, 2.05) is 0 Å². The van der Waals surface area contributed by atoms with Crippen LogP contribution in [0.1, 0.15) is 53.4 Å². The summed E-state index contributed by atoms with van der Waals surface area (Å²) in [5, 5.41) is 0. The molecule has 0 bridgehead atoms. The highest BCUT2D eigenvalue weighted by Gasteiger charge is 2.56. The zero-order valence-corrected chi connectivity index (χ0v) is 15.6. The highest BCUT2D eigenvalue weighted by molar-refractivity contribution is 9.09. The Morgan fingerprint density at radius 2 is 1.78 bits per heavy atom. The second-order valence-electron chi connectivity index (χ2n) is 6.84. The molecule has 1 spiro atoms. The number of hydrogen-bond acceptors (Lipinski definition) is 0. The Hall–Kier alpha value is 0.990. The number of rotatable bonds is 0. The third kappa shape index (κ3) is 2.15. The van der Waals surface area contributed by atoms with Crippen LogP contribution >= 0.6 is 43.5 Å². The van der Waals surface area contributed by atoms with Gasteiger partial charge in [-0.3, -0.25) is 0 Å².